The van der Waals surface area contributed by atoms with Crippen molar-refractivity contribution < 1.29 is 9.59 Å². The number of nitrogens with zero attached hydrogens (tertiary/aromatic N) is 1. The molecule has 2 amide bonds. The third-order valence-corrected chi connectivity index (χ3v) is 5.26. The summed E-state index contributed by atoms with van der Waals surface area (Å²) in [5.74, 6) is -0.349. The largest absolute Gasteiger partial charge is 0.326 e. The molecule has 0 saturated carbocycles. The topological polar surface area (TPSA) is 70.6 Å². The first-order chi connectivity index (χ1) is 12.5. The van der Waals surface area contributed by atoms with Gasteiger partial charge in [0.15, 0.2) is 5.17 Å². The molecule has 2 N–H and O–H groups in total. The Hall–Kier alpha value is -2.60. The molecule has 0 aliphatic carbocycles. The van der Waals surface area contributed by atoms with E-state index < -0.39 is 5.25 Å². The van der Waals surface area contributed by atoms with E-state index in [4.69, 9.17) is 0 Å². The number of benzene rings is 2. The van der Waals surface area contributed by atoms with Crippen molar-refractivity contribution in [2.24, 2.45) is 4.99 Å². The van der Waals surface area contributed by atoms with Crippen LogP contribution in [0.3, 0.4) is 0 Å². The number of carbonyl (C=O) groups excluding carboxylic acids is 2. The average molecular weight is 367 g/mol. The number of hydrogen-bond donors (Lipinski definition) is 2. The van der Waals surface area contributed by atoms with Crippen LogP contribution in [-0.4, -0.2) is 22.2 Å². The molecule has 2 aromatic carbocycles. The SMILES string of the molecule is Cc1ccccc1NC(=O)C[C@H]1SC(=N[C@H](C)c2ccccc2)NC1=O. The third-order valence-electron chi connectivity index (χ3n) is 4.16. The quantitative estimate of drug-likeness (QED) is 0.847. The second-order valence-electron chi connectivity index (χ2n) is 6.18. The van der Waals surface area contributed by atoms with E-state index in [2.05, 4.69) is 15.6 Å². The molecule has 0 unspecified atom stereocenters. The van der Waals surface area contributed by atoms with Crippen LogP contribution < -0.4 is 10.6 Å². The number of rotatable bonds is 5. The van der Waals surface area contributed by atoms with E-state index >= 15 is 0 Å². The number of thioether (sulfide) groups is 1. The van der Waals surface area contributed by atoms with E-state index in [9.17, 15) is 9.59 Å². The molecule has 2 aromatic rings. The minimum atomic E-state index is -0.458. The van der Waals surface area contributed by atoms with E-state index in [1.54, 1.807) is 0 Å². The third kappa shape index (κ3) is 4.52. The van der Waals surface area contributed by atoms with Crippen molar-refractivity contribution in [1.29, 1.82) is 0 Å². The first-order valence-corrected chi connectivity index (χ1v) is 9.36. The summed E-state index contributed by atoms with van der Waals surface area (Å²) in [6, 6.07) is 17.4. The number of amides is 2. The molecule has 3 rings (SSSR count). The molecule has 5 nitrogen and oxygen atoms in total. The van der Waals surface area contributed by atoms with Gasteiger partial charge in [-0.3, -0.25) is 14.6 Å². The average Bonchev–Trinajstić information content (AvgIpc) is 2.96. The molecular weight excluding hydrogens is 346 g/mol. The molecule has 1 saturated heterocycles. The molecule has 0 radical (unpaired) electrons. The summed E-state index contributed by atoms with van der Waals surface area (Å²) < 4.78 is 0. The number of carbonyl (C=O) groups is 2. The molecule has 1 heterocycles. The van der Waals surface area contributed by atoms with Crippen molar-refractivity contribution >= 4 is 34.4 Å². The Bertz CT molecular complexity index is 836. The maximum absolute atomic E-state index is 12.3. The van der Waals surface area contributed by atoms with Gasteiger partial charge in [0.2, 0.25) is 11.8 Å². The predicted molar refractivity (Wildman–Crippen MR) is 106 cm³/mol. The number of hydrogen-bond acceptors (Lipinski definition) is 4. The minimum Gasteiger partial charge on any atom is -0.326 e. The summed E-state index contributed by atoms with van der Waals surface area (Å²) in [4.78, 5) is 29.0. The van der Waals surface area contributed by atoms with E-state index in [0.29, 0.717) is 5.17 Å². The highest BCUT2D eigenvalue weighted by Crippen LogP contribution is 2.26. The van der Waals surface area contributed by atoms with Gasteiger partial charge in [0.1, 0.15) is 5.25 Å². The first-order valence-electron chi connectivity index (χ1n) is 8.48. The highest BCUT2D eigenvalue weighted by atomic mass is 32.2. The van der Waals surface area contributed by atoms with Crippen molar-refractivity contribution in [3.8, 4) is 0 Å². The van der Waals surface area contributed by atoms with Crippen molar-refractivity contribution in [3.05, 3.63) is 65.7 Å². The van der Waals surface area contributed by atoms with Gasteiger partial charge in [0.25, 0.3) is 0 Å². The van der Waals surface area contributed by atoms with Crippen LogP contribution >= 0.6 is 11.8 Å². The molecule has 0 aromatic heterocycles. The summed E-state index contributed by atoms with van der Waals surface area (Å²) in [5.41, 5.74) is 2.84. The van der Waals surface area contributed by atoms with E-state index in [1.165, 1.54) is 11.8 Å². The van der Waals surface area contributed by atoms with Gasteiger partial charge >= 0.3 is 0 Å². The normalized spacial score (nSPS) is 19.2. The Kier molecular flexibility index (Phi) is 5.73. The summed E-state index contributed by atoms with van der Waals surface area (Å²) in [5, 5.41) is 5.76. The highest BCUT2D eigenvalue weighted by molar-refractivity contribution is 8.15. The Morgan fingerprint density at radius 2 is 1.88 bits per heavy atom. The second kappa shape index (κ2) is 8.19. The van der Waals surface area contributed by atoms with Crippen molar-refractivity contribution in [3.63, 3.8) is 0 Å². The predicted octanol–water partition coefficient (Wildman–Crippen LogP) is 3.67. The lowest BCUT2D eigenvalue weighted by molar-refractivity contribution is -0.122. The number of amidine groups is 1. The van der Waals surface area contributed by atoms with Crippen LogP contribution in [0.25, 0.3) is 0 Å². The summed E-state index contributed by atoms with van der Waals surface area (Å²) in [6.45, 7) is 3.91. The van der Waals surface area contributed by atoms with Crippen LogP contribution in [0.2, 0.25) is 0 Å². The van der Waals surface area contributed by atoms with Crippen molar-refractivity contribution in [2.75, 3.05) is 5.32 Å². The summed E-state index contributed by atoms with van der Waals surface area (Å²) >= 11 is 1.31. The maximum atomic E-state index is 12.3. The number of anilines is 1. The van der Waals surface area contributed by atoms with Crippen molar-refractivity contribution in [1.82, 2.24) is 5.32 Å². The standard InChI is InChI=1S/C20H21N3O2S/c1-13-8-6-7-11-16(13)22-18(24)12-17-19(25)23-20(26-17)21-14(2)15-9-4-3-5-10-15/h3-11,14,17H,12H2,1-2H3,(H,22,24)(H,21,23,25)/t14-,17-/m1/s1. The fraction of sp³-hybridized carbons (Fsp3) is 0.250. The molecule has 6 heteroatoms. The van der Waals surface area contributed by atoms with Crippen LogP contribution in [0.4, 0.5) is 5.69 Å². The van der Waals surface area contributed by atoms with Crippen LogP contribution in [0.1, 0.15) is 30.5 Å². The smallest absolute Gasteiger partial charge is 0.240 e. The number of para-hydroxylation sites is 1. The van der Waals surface area contributed by atoms with E-state index in [-0.39, 0.29) is 24.3 Å². The van der Waals surface area contributed by atoms with Gasteiger partial charge in [-0.15, -0.1) is 0 Å². The Balaban J connectivity index is 1.60. The van der Waals surface area contributed by atoms with Gasteiger partial charge in [-0.25, -0.2) is 0 Å². The Labute approximate surface area is 157 Å². The molecule has 0 bridgehead atoms. The fourth-order valence-corrected chi connectivity index (χ4v) is 3.71. The zero-order valence-electron chi connectivity index (χ0n) is 14.7. The van der Waals surface area contributed by atoms with Gasteiger partial charge in [0, 0.05) is 12.1 Å². The Morgan fingerprint density at radius 1 is 1.19 bits per heavy atom. The Morgan fingerprint density at radius 3 is 2.62 bits per heavy atom. The highest BCUT2D eigenvalue weighted by Gasteiger charge is 2.32. The molecule has 2 atom stereocenters. The van der Waals surface area contributed by atoms with Crippen molar-refractivity contribution in [2.45, 2.75) is 31.6 Å². The van der Waals surface area contributed by atoms with E-state index in [1.807, 2.05) is 68.4 Å². The van der Waals surface area contributed by atoms with Crippen LogP contribution in [-0.2, 0) is 9.59 Å². The lowest BCUT2D eigenvalue weighted by atomic mass is 10.1. The summed E-state index contributed by atoms with van der Waals surface area (Å²) in [6.07, 6.45) is 0.115. The van der Waals surface area contributed by atoms with Gasteiger partial charge < -0.3 is 10.6 Å². The lowest BCUT2D eigenvalue weighted by Crippen LogP contribution is -2.28. The number of nitrogens with one attached hydrogen (secondary N) is 2. The monoisotopic (exact) mass is 367 g/mol. The molecule has 1 fully saturated rings. The lowest BCUT2D eigenvalue weighted by Gasteiger charge is -2.09. The van der Waals surface area contributed by atoms with Gasteiger partial charge in [-0.05, 0) is 31.0 Å². The number of aryl methyl sites for hydroxylation is 1. The van der Waals surface area contributed by atoms with Crippen LogP contribution in [0, 0.1) is 6.92 Å². The fourth-order valence-electron chi connectivity index (χ4n) is 2.67. The van der Waals surface area contributed by atoms with E-state index in [0.717, 1.165) is 16.8 Å². The first kappa shape index (κ1) is 18.2. The molecule has 1 aliphatic rings. The molecule has 0 spiro atoms. The zero-order valence-corrected chi connectivity index (χ0v) is 15.5. The van der Waals surface area contributed by atoms with Crippen LogP contribution in [0.15, 0.2) is 59.6 Å². The molecule has 134 valence electrons. The molecule has 1 aliphatic heterocycles. The summed E-state index contributed by atoms with van der Waals surface area (Å²) in [7, 11) is 0. The van der Waals surface area contributed by atoms with Crippen LogP contribution in [0.5, 0.6) is 0 Å². The van der Waals surface area contributed by atoms with Gasteiger partial charge in [-0.2, -0.15) is 0 Å². The zero-order chi connectivity index (χ0) is 18.5. The maximum Gasteiger partial charge on any atom is 0.240 e. The number of aliphatic imine (C=N–C) groups is 1. The van der Waals surface area contributed by atoms with Gasteiger partial charge in [0.05, 0.1) is 6.04 Å². The molecular formula is C20H21N3O2S. The molecule has 26 heavy (non-hydrogen) atoms. The second-order valence-corrected chi connectivity index (χ2v) is 7.38. The van der Waals surface area contributed by atoms with Gasteiger partial charge in [-0.1, -0.05) is 60.3 Å². The minimum absolute atomic E-state index is 0.0569.